The van der Waals surface area contributed by atoms with Gasteiger partial charge in [-0.15, -0.1) is 0 Å². The summed E-state index contributed by atoms with van der Waals surface area (Å²) in [4.78, 5) is 4.20. The Bertz CT molecular complexity index is 514. The van der Waals surface area contributed by atoms with Gasteiger partial charge in [-0.3, -0.25) is 10.8 Å². The third kappa shape index (κ3) is 3.86. The highest BCUT2D eigenvalue weighted by Crippen LogP contribution is 2.18. The van der Waals surface area contributed by atoms with Gasteiger partial charge < -0.3 is 14.9 Å². The standard InChI is InChI=1S/C14H17N3O2/c1-2-18-13-3-5-14(6-4-13)19-10-12-9-11(17-15)7-8-16-12/h3-9H,2,10,15H2,1H3,(H,16,17). The Balaban J connectivity index is 1.94. The monoisotopic (exact) mass is 259 g/mol. The number of pyridine rings is 1. The van der Waals surface area contributed by atoms with Crippen molar-refractivity contribution in [3.8, 4) is 11.5 Å². The van der Waals surface area contributed by atoms with E-state index in [0.717, 1.165) is 22.9 Å². The number of hydrazine groups is 1. The molecule has 0 atom stereocenters. The number of ether oxygens (including phenoxy) is 2. The maximum atomic E-state index is 5.64. The number of nitrogens with zero attached hydrogens (tertiary/aromatic N) is 1. The molecule has 19 heavy (non-hydrogen) atoms. The Morgan fingerprint density at radius 2 is 1.79 bits per heavy atom. The lowest BCUT2D eigenvalue weighted by Crippen LogP contribution is -2.08. The molecule has 0 amide bonds. The molecule has 0 radical (unpaired) electrons. The van der Waals surface area contributed by atoms with Gasteiger partial charge >= 0.3 is 0 Å². The molecular formula is C14H17N3O2. The predicted octanol–water partition coefficient (Wildman–Crippen LogP) is 2.34. The first kappa shape index (κ1) is 13.2. The first-order chi connectivity index (χ1) is 9.31. The van der Waals surface area contributed by atoms with Crippen LogP contribution in [0.25, 0.3) is 0 Å². The largest absolute Gasteiger partial charge is 0.494 e. The fourth-order valence-electron chi connectivity index (χ4n) is 1.60. The van der Waals surface area contributed by atoms with Crippen LogP contribution < -0.4 is 20.7 Å². The lowest BCUT2D eigenvalue weighted by atomic mass is 10.3. The Labute approximate surface area is 112 Å². The van der Waals surface area contributed by atoms with Gasteiger partial charge in [-0.1, -0.05) is 0 Å². The van der Waals surface area contributed by atoms with Crippen LogP contribution in [0.4, 0.5) is 5.69 Å². The van der Waals surface area contributed by atoms with E-state index in [9.17, 15) is 0 Å². The summed E-state index contributed by atoms with van der Waals surface area (Å²) in [6, 6.07) is 11.1. The van der Waals surface area contributed by atoms with Crippen LogP contribution >= 0.6 is 0 Å². The van der Waals surface area contributed by atoms with Gasteiger partial charge in [0.2, 0.25) is 0 Å². The SMILES string of the molecule is CCOc1ccc(OCc2cc(NN)ccn2)cc1. The van der Waals surface area contributed by atoms with Crippen LogP contribution in [0, 0.1) is 0 Å². The molecule has 0 aliphatic carbocycles. The number of nitrogens with two attached hydrogens (primary N) is 1. The van der Waals surface area contributed by atoms with Crippen molar-refractivity contribution in [3.05, 3.63) is 48.3 Å². The van der Waals surface area contributed by atoms with Crippen LogP contribution in [-0.4, -0.2) is 11.6 Å². The van der Waals surface area contributed by atoms with Gasteiger partial charge in [0.25, 0.3) is 0 Å². The lowest BCUT2D eigenvalue weighted by molar-refractivity contribution is 0.299. The minimum Gasteiger partial charge on any atom is -0.494 e. The molecule has 0 saturated heterocycles. The van der Waals surface area contributed by atoms with E-state index in [0.29, 0.717) is 13.2 Å². The van der Waals surface area contributed by atoms with E-state index in [1.807, 2.05) is 37.3 Å². The van der Waals surface area contributed by atoms with Crippen molar-refractivity contribution < 1.29 is 9.47 Å². The van der Waals surface area contributed by atoms with E-state index in [-0.39, 0.29) is 0 Å². The van der Waals surface area contributed by atoms with Gasteiger partial charge in [0.15, 0.2) is 0 Å². The highest BCUT2D eigenvalue weighted by molar-refractivity contribution is 5.41. The number of aromatic nitrogens is 1. The van der Waals surface area contributed by atoms with Gasteiger partial charge in [0.05, 0.1) is 18.0 Å². The van der Waals surface area contributed by atoms with E-state index in [1.54, 1.807) is 12.3 Å². The highest BCUT2D eigenvalue weighted by atomic mass is 16.5. The minimum atomic E-state index is 0.392. The molecule has 2 rings (SSSR count). The molecule has 0 aliphatic heterocycles. The molecule has 0 bridgehead atoms. The number of nitrogen functional groups attached to an aromatic ring is 1. The summed E-state index contributed by atoms with van der Waals surface area (Å²) >= 11 is 0. The second-order valence-electron chi connectivity index (χ2n) is 3.87. The van der Waals surface area contributed by atoms with E-state index in [2.05, 4.69) is 10.4 Å². The molecule has 0 aliphatic rings. The third-order valence-corrected chi connectivity index (χ3v) is 2.50. The Hall–Kier alpha value is -2.27. The molecule has 0 saturated carbocycles. The van der Waals surface area contributed by atoms with Crippen molar-refractivity contribution in [2.75, 3.05) is 12.0 Å². The molecule has 5 nitrogen and oxygen atoms in total. The molecule has 0 fully saturated rings. The van der Waals surface area contributed by atoms with Gasteiger partial charge in [-0.05, 0) is 43.3 Å². The van der Waals surface area contributed by atoms with Crippen LogP contribution in [0.2, 0.25) is 0 Å². The number of nitrogens with one attached hydrogen (secondary N) is 1. The zero-order valence-corrected chi connectivity index (χ0v) is 10.8. The van der Waals surface area contributed by atoms with Crippen molar-refractivity contribution in [1.82, 2.24) is 4.98 Å². The summed E-state index contributed by atoms with van der Waals surface area (Å²) in [6.45, 7) is 3.00. The number of rotatable bonds is 6. The maximum absolute atomic E-state index is 5.64. The second-order valence-corrected chi connectivity index (χ2v) is 3.87. The summed E-state index contributed by atoms with van der Waals surface area (Å²) in [5.74, 6) is 6.95. The van der Waals surface area contributed by atoms with Crippen LogP contribution in [-0.2, 0) is 6.61 Å². The molecule has 3 N–H and O–H groups in total. The topological polar surface area (TPSA) is 69.4 Å². The first-order valence-corrected chi connectivity index (χ1v) is 6.09. The molecule has 1 aromatic carbocycles. The predicted molar refractivity (Wildman–Crippen MR) is 74.0 cm³/mol. The van der Waals surface area contributed by atoms with Crippen molar-refractivity contribution in [1.29, 1.82) is 0 Å². The average molecular weight is 259 g/mol. The van der Waals surface area contributed by atoms with E-state index >= 15 is 0 Å². The minimum absolute atomic E-state index is 0.392. The van der Waals surface area contributed by atoms with Crippen molar-refractivity contribution in [2.24, 2.45) is 5.84 Å². The highest BCUT2D eigenvalue weighted by Gasteiger charge is 1.99. The van der Waals surface area contributed by atoms with Crippen LogP contribution in [0.15, 0.2) is 42.6 Å². The summed E-state index contributed by atoms with van der Waals surface area (Å²) in [6.07, 6.45) is 1.69. The van der Waals surface area contributed by atoms with Gasteiger partial charge in [0, 0.05) is 6.20 Å². The smallest absolute Gasteiger partial charge is 0.130 e. The maximum Gasteiger partial charge on any atom is 0.130 e. The Morgan fingerprint density at radius 3 is 2.42 bits per heavy atom. The third-order valence-electron chi connectivity index (χ3n) is 2.50. The van der Waals surface area contributed by atoms with Gasteiger partial charge in [-0.2, -0.15) is 0 Å². The normalized spacial score (nSPS) is 10.0. The van der Waals surface area contributed by atoms with Crippen LogP contribution in [0.5, 0.6) is 11.5 Å². The van der Waals surface area contributed by atoms with Gasteiger partial charge in [-0.25, -0.2) is 0 Å². The number of benzene rings is 1. The molecule has 100 valence electrons. The summed E-state index contributed by atoms with van der Waals surface area (Å²) in [5.41, 5.74) is 4.19. The molecule has 1 heterocycles. The van der Waals surface area contributed by atoms with Crippen molar-refractivity contribution in [3.63, 3.8) is 0 Å². The molecule has 0 unspecified atom stereocenters. The average Bonchev–Trinajstić information content (AvgIpc) is 2.47. The van der Waals surface area contributed by atoms with E-state index in [4.69, 9.17) is 15.3 Å². The summed E-state index contributed by atoms with van der Waals surface area (Å²) < 4.78 is 11.0. The lowest BCUT2D eigenvalue weighted by Gasteiger charge is -2.08. The molecular weight excluding hydrogens is 242 g/mol. The second kappa shape index (κ2) is 6.61. The molecule has 5 heteroatoms. The van der Waals surface area contributed by atoms with Crippen molar-refractivity contribution >= 4 is 5.69 Å². The fourth-order valence-corrected chi connectivity index (χ4v) is 1.60. The zero-order chi connectivity index (χ0) is 13.5. The molecule has 2 aromatic rings. The Kier molecular flexibility index (Phi) is 4.58. The van der Waals surface area contributed by atoms with E-state index in [1.165, 1.54) is 0 Å². The number of anilines is 1. The first-order valence-electron chi connectivity index (χ1n) is 6.09. The van der Waals surface area contributed by atoms with E-state index < -0.39 is 0 Å². The quantitative estimate of drug-likeness (QED) is 0.615. The summed E-state index contributed by atoms with van der Waals surface area (Å²) in [7, 11) is 0. The Morgan fingerprint density at radius 1 is 1.11 bits per heavy atom. The van der Waals surface area contributed by atoms with Crippen LogP contribution in [0.3, 0.4) is 0 Å². The molecule has 1 aromatic heterocycles. The number of hydrogen-bond acceptors (Lipinski definition) is 5. The molecule has 0 spiro atoms. The van der Waals surface area contributed by atoms with Crippen LogP contribution in [0.1, 0.15) is 12.6 Å². The van der Waals surface area contributed by atoms with Crippen molar-refractivity contribution in [2.45, 2.75) is 13.5 Å². The summed E-state index contributed by atoms with van der Waals surface area (Å²) in [5, 5.41) is 0. The van der Waals surface area contributed by atoms with Gasteiger partial charge in [0.1, 0.15) is 18.1 Å². The number of hydrogen-bond donors (Lipinski definition) is 2. The fraction of sp³-hybridized carbons (Fsp3) is 0.214. The zero-order valence-electron chi connectivity index (χ0n) is 10.8.